The minimum Gasteiger partial charge on any atom is -0.320 e. The Kier molecular flexibility index (Phi) is 5.37. The summed E-state index contributed by atoms with van der Waals surface area (Å²) in [6.45, 7) is 3.38. The molecule has 0 aliphatic heterocycles. The van der Waals surface area contributed by atoms with Crippen LogP contribution in [0.2, 0.25) is 0 Å². The van der Waals surface area contributed by atoms with Crippen LogP contribution in [0.1, 0.15) is 39.0 Å². The summed E-state index contributed by atoms with van der Waals surface area (Å²) in [6, 6.07) is 0. The Morgan fingerprint density at radius 3 is 2.41 bits per heavy atom. The Morgan fingerprint density at radius 2 is 1.88 bits per heavy atom. The van der Waals surface area contributed by atoms with E-state index in [0.717, 1.165) is 38.6 Å². The molecule has 5 nitrogen and oxygen atoms in total. The van der Waals surface area contributed by atoms with Crippen molar-refractivity contribution in [2.75, 3.05) is 27.2 Å². The van der Waals surface area contributed by atoms with E-state index >= 15 is 0 Å². The molecule has 0 atom stereocenters. The topological polar surface area (TPSA) is 61.4 Å². The van der Waals surface area contributed by atoms with E-state index < -0.39 is 10.2 Å². The van der Waals surface area contributed by atoms with E-state index in [4.69, 9.17) is 0 Å². The van der Waals surface area contributed by atoms with E-state index in [-0.39, 0.29) is 5.54 Å². The van der Waals surface area contributed by atoms with E-state index in [1.54, 1.807) is 7.05 Å². The molecule has 1 aliphatic carbocycles. The van der Waals surface area contributed by atoms with Gasteiger partial charge in [-0.25, -0.2) is 0 Å². The lowest BCUT2D eigenvalue weighted by molar-refractivity contribution is 0.389. The molecule has 1 saturated carbocycles. The number of hydrogen-bond acceptors (Lipinski definition) is 3. The van der Waals surface area contributed by atoms with Gasteiger partial charge in [0.1, 0.15) is 0 Å². The molecule has 0 unspecified atom stereocenters. The van der Waals surface area contributed by atoms with Gasteiger partial charge in [0, 0.05) is 19.1 Å². The summed E-state index contributed by atoms with van der Waals surface area (Å²) in [4.78, 5) is 0. The van der Waals surface area contributed by atoms with Crippen molar-refractivity contribution in [1.82, 2.24) is 14.3 Å². The molecule has 2 N–H and O–H groups in total. The summed E-state index contributed by atoms with van der Waals surface area (Å²) in [5.41, 5.74) is -0.240. The Bertz CT molecular complexity index is 324. The summed E-state index contributed by atoms with van der Waals surface area (Å²) in [5.74, 6) is 0. The molecule has 102 valence electrons. The summed E-state index contributed by atoms with van der Waals surface area (Å²) < 4.78 is 28.4. The van der Waals surface area contributed by atoms with Gasteiger partial charge in [0.2, 0.25) is 0 Å². The molecule has 1 aliphatic rings. The fourth-order valence-electron chi connectivity index (χ4n) is 2.25. The number of nitrogens with zero attached hydrogens (tertiary/aromatic N) is 1. The number of hydrogen-bond donors (Lipinski definition) is 2. The van der Waals surface area contributed by atoms with Crippen molar-refractivity contribution in [3.05, 3.63) is 0 Å². The predicted octanol–water partition coefficient (Wildman–Crippen LogP) is 0.695. The summed E-state index contributed by atoms with van der Waals surface area (Å²) >= 11 is 0. The highest BCUT2D eigenvalue weighted by Crippen LogP contribution is 2.29. The van der Waals surface area contributed by atoms with Gasteiger partial charge in [-0.1, -0.05) is 12.8 Å². The Hall–Kier alpha value is -0.170. The van der Waals surface area contributed by atoms with E-state index in [2.05, 4.69) is 10.0 Å². The molecular weight excluding hydrogens is 238 g/mol. The highest BCUT2D eigenvalue weighted by molar-refractivity contribution is 7.87. The first-order valence-electron chi connectivity index (χ1n) is 6.29. The van der Waals surface area contributed by atoms with Crippen LogP contribution in [-0.2, 0) is 10.2 Å². The molecule has 6 heteroatoms. The first kappa shape index (κ1) is 14.9. The van der Waals surface area contributed by atoms with Gasteiger partial charge >= 0.3 is 0 Å². The number of nitrogens with one attached hydrogen (secondary N) is 2. The van der Waals surface area contributed by atoms with Crippen LogP contribution in [0, 0.1) is 0 Å². The Labute approximate surface area is 105 Å². The normalized spacial score (nSPS) is 20.0. The molecule has 0 aromatic heterocycles. The third-order valence-electron chi connectivity index (χ3n) is 3.39. The molecule has 0 aromatic carbocycles. The molecule has 0 heterocycles. The van der Waals surface area contributed by atoms with Crippen LogP contribution in [0.5, 0.6) is 0 Å². The van der Waals surface area contributed by atoms with Crippen molar-refractivity contribution in [2.24, 2.45) is 0 Å². The van der Waals surface area contributed by atoms with Crippen LogP contribution in [0.4, 0.5) is 0 Å². The van der Waals surface area contributed by atoms with Crippen LogP contribution in [-0.4, -0.2) is 45.4 Å². The first-order valence-corrected chi connectivity index (χ1v) is 7.73. The van der Waals surface area contributed by atoms with Gasteiger partial charge in [-0.3, -0.25) is 0 Å². The maximum Gasteiger partial charge on any atom is 0.279 e. The standard InChI is InChI=1S/C11H25N3O2S/c1-11(7-4-5-8-11)13-17(15,16)14(3)10-6-9-12-2/h12-13H,4-10H2,1-3H3. The summed E-state index contributed by atoms with van der Waals surface area (Å²) in [6.07, 6.45) is 4.93. The molecule has 0 amide bonds. The van der Waals surface area contributed by atoms with Crippen molar-refractivity contribution in [1.29, 1.82) is 0 Å². The van der Waals surface area contributed by atoms with Crippen molar-refractivity contribution < 1.29 is 8.42 Å². The molecule has 0 radical (unpaired) electrons. The minimum absolute atomic E-state index is 0.240. The van der Waals surface area contributed by atoms with E-state index in [1.807, 2.05) is 14.0 Å². The van der Waals surface area contributed by atoms with Gasteiger partial charge in [-0.2, -0.15) is 17.4 Å². The third-order valence-corrected chi connectivity index (χ3v) is 5.15. The van der Waals surface area contributed by atoms with Crippen molar-refractivity contribution >= 4 is 10.2 Å². The highest BCUT2D eigenvalue weighted by Gasteiger charge is 2.34. The van der Waals surface area contributed by atoms with Crippen molar-refractivity contribution in [3.8, 4) is 0 Å². The van der Waals surface area contributed by atoms with Gasteiger partial charge in [-0.15, -0.1) is 0 Å². The van der Waals surface area contributed by atoms with Crippen LogP contribution in [0.3, 0.4) is 0 Å². The van der Waals surface area contributed by atoms with E-state index in [9.17, 15) is 8.42 Å². The Morgan fingerprint density at radius 1 is 1.29 bits per heavy atom. The fourth-order valence-corrected chi connectivity index (χ4v) is 3.60. The van der Waals surface area contributed by atoms with Gasteiger partial charge in [-0.05, 0) is 39.8 Å². The third kappa shape index (κ3) is 4.54. The molecule has 0 saturated heterocycles. The maximum atomic E-state index is 12.1. The van der Waals surface area contributed by atoms with E-state index in [0.29, 0.717) is 6.54 Å². The second-order valence-electron chi connectivity index (χ2n) is 5.15. The van der Waals surface area contributed by atoms with Gasteiger partial charge in [0.05, 0.1) is 0 Å². The predicted molar refractivity (Wildman–Crippen MR) is 70.1 cm³/mol. The second-order valence-corrected chi connectivity index (χ2v) is 6.93. The minimum atomic E-state index is -3.33. The monoisotopic (exact) mass is 263 g/mol. The number of rotatable bonds is 7. The lowest BCUT2D eigenvalue weighted by atomic mass is 10.0. The summed E-state index contributed by atoms with van der Waals surface area (Å²) in [5, 5.41) is 3.01. The first-order chi connectivity index (χ1) is 7.90. The smallest absolute Gasteiger partial charge is 0.279 e. The largest absolute Gasteiger partial charge is 0.320 e. The zero-order valence-electron chi connectivity index (χ0n) is 11.1. The van der Waals surface area contributed by atoms with Gasteiger partial charge < -0.3 is 5.32 Å². The maximum absolute atomic E-state index is 12.1. The molecule has 0 aromatic rings. The lowest BCUT2D eigenvalue weighted by Crippen LogP contribution is -2.49. The second kappa shape index (κ2) is 6.13. The molecule has 0 bridgehead atoms. The molecule has 0 spiro atoms. The highest BCUT2D eigenvalue weighted by atomic mass is 32.2. The lowest BCUT2D eigenvalue weighted by Gasteiger charge is -2.28. The van der Waals surface area contributed by atoms with E-state index in [1.165, 1.54) is 4.31 Å². The fraction of sp³-hybridized carbons (Fsp3) is 1.00. The average Bonchev–Trinajstić information content (AvgIpc) is 2.64. The zero-order valence-corrected chi connectivity index (χ0v) is 11.9. The average molecular weight is 263 g/mol. The van der Waals surface area contributed by atoms with Gasteiger partial charge in [0.15, 0.2) is 0 Å². The van der Waals surface area contributed by atoms with Crippen molar-refractivity contribution in [3.63, 3.8) is 0 Å². The quantitative estimate of drug-likeness (QED) is 0.665. The summed E-state index contributed by atoms with van der Waals surface area (Å²) in [7, 11) is 0.176. The SMILES string of the molecule is CNCCCN(C)S(=O)(=O)NC1(C)CCCC1. The van der Waals surface area contributed by atoms with Crippen molar-refractivity contribution in [2.45, 2.75) is 44.6 Å². The van der Waals surface area contributed by atoms with Crippen LogP contribution >= 0.6 is 0 Å². The van der Waals surface area contributed by atoms with Crippen LogP contribution < -0.4 is 10.0 Å². The van der Waals surface area contributed by atoms with Crippen LogP contribution in [0.25, 0.3) is 0 Å². The zero-order chi connectivity index (χ0) is 12.9. The molecule has 1 rings (SSSR count). The van der Waals surface area contributed by atoms with Gasteiger partial charge in [0.25, 0.3) is 10.2 Å². The Balaban J connectivity index is 2.49. The van der Waals surface area contributed by atoms with Crippen LogP contribution in [0.15, 0.2) is 0 Å². The molecular formula is C11H25N3O2S. The molecule has 1 fully saturated rings. The molecule has 17 heavy (non-hydrogen) atoms.